The first-order valence-electron chi connectivity index (χ1n) is 7.13. The molecule has 0 bridgehead atoms. The highest BCUT2D eigenvalue weighted by Crippen LogP contribution is 2.16. The molecule has 114 valence electrons. The number of nitrogens with one attached hydrogen (secondary N) is 1. The summed E-state index contributed by atoms with van der Waals surface area (Å²) >= 11 is 5.91. The number of carbonyl (C=O) groups is 2. The lowest BCUT2D eigenvalue weighted by atomic mass is 9.96. The van der Waals surface area contributed by atoms with Crippen LogP contribution in [0.1, 0.15) is 18.4 Å². The summed E-state index contributed by atoms with van der Waals surface area (Å²) in [7, 11) is 0. The monoisotopic (exact) mass is 309 g/mol. The molecule has 5 nitrogen and oxygen atoms in total. The second-order valence-electron chi connectivity index (χ2n) is 5.28. The van der Waals surface area contributed by atoms with E-state index in [9.17, 15) is 9.59 Å². The number of carbonyl (C=O) groups excluding carboxylic acids is 2. The molecule has 1 aromatic rings. The Labute approximate surface area is 129 Å². The number of urea groups is 1. The molecular weight excluding hydrogens is 290 g/mol. The molecule has 3 N–H and O–H groups in total. The molecule has 2 rings (SSSR count). The Morgan fingerprint density at radius 3 is 2.67 bits per heavy atom. The van der Waals surface area contributed by atoms with Gasteiger partial charge in [0.05, 0.1) is 0 Å². The summed E-state index contributed by atoms with van der Waals surface area (Å²) in [5.41, 5.74) is 6.37. The zero-order chi connectivity index (χ0) is 15.2. The average Bonchev–Trinajstić information content (AvgIpc) is 2.47. The summed E-state index contributed by atoms with van der Waals surface area (Å²) in [5.74, 6) is -0.364. The highest BCUT2D eigenvalue weighted by atomic mass is 35.5. The molecule has 0 aromatic heterocycles. The number of benzene rings is 1. The first kappa shape index (κ1) is 15.6. The predicted molar refractivity (Wildman–Crippen MR) is 82.0 cm³/mol. The van der Waals surface area contributed by atoms with Crippen molar-refractivity contribution in [3.8, 4) is 0 Å². The summed E-state index contributed by atoms with van der Waals surface area (Å²) in [6.45, 7) is 1.72. The summed E-state index contributed by atoms with van der Waals surface area (Å²) in [4.78, 5) is 24.8. The first-order chi connectivity index (χ1) is 10.1. The highest BCUT2D eigenvalue weighted by molar-refractivity contribution is 6.30. The number of hydrogen-bond acceptors (Lipinski definition) is 2. The molecule has 1 aliphatic heterocycles. The minimum absolute atomic E-state index is 0.0834. The number of nitrogens with two attached hydrogens (primary N) is 1. The Bertz CT molecular complexity index is 513. The fraction of sp³-hybridized carbons (Fsp3) is 0.467. The maximum atomic E-state index is 12.0. The molecule has 0 spiro atoms. The van der Waals surface area contributed by atoms with Gasteiger partial charge in [0.15, 0.2) is 0 Å². The molecule has 1 saturated heterocycles. The summed E-state index contributed by atoms with van der Waals surface area (Å²) in [6, 6.07) is 7.52. The Hall–Kier alpha value is -1.75. The van der Waals surface area contributed by atoms with E-state index in [2.05, 4.69) is 5.32 Å². The molecule has 6 heteroatoms. The lowest BCUT2D eigenvalue weighted by molar-refractivity contribution is -0.123. The van der Waals surface area contributed by atoms with Gasteiger partial charge in [0, 0.05) is 30.6 Å². The van der Waals surface area contributed by atoms with E-state index in [1.165, 1.54) is 0 Å². The lowest BCUT2D eigenvalue weighted by Gasteiger charge is -2.30. The van der Waals surface area contributed by atoms with Gasteiger partial charge < -0.3 is 16.0 Å². The van der Waals surface area contributed by atoms with E-state index in [1.54, 1.807) is 4.90 Å². The molecule has 1 fully saturated rings. The number of halogens is 1. The Morgan fingerprint density at radius 1 is 1.33 bits per heavy atom. The Balaban J connectivity index is 1.72. The van der Waals surface area contributed by atoms with Crippen LogP contribution in [0.5, 0.6) is 0 Å². The van der Waals surface area contributed by atoms with Gasteiger partial charge in [-0.2, -0.15) is 0 Å². The van der Waals surface area contributed by atoms with E-state index < -0.39 is 0 Å². The molecule has 1 aliphatic rings. The molecular formula is C15H20ClN3O2. The van der Waals surface area contributed by atoms with Crippen LogP contribution in [-0.4, -0.2) is 36.5 Å². The van der Waals surface area contributed by atoms with Crippen LogP contribution in [0.4, 0.5) is 4.79 Å². The van der Waals surface area contributed by atoms with E-state index in [1.807, 2.05) is 24.3 Å². The molecule has 0 saturated carbocycles. The molecule has 0 radical (unpaired) electrons. The fourth-order valence-corrected chi connectivity index (χ4v) is 2.70. The molecule has 0 atom stereocenters. The van der Waals surface area contributed by atoms with Crippen LogP contribution in [0, 0.1) is 5.92 Å². The van der Waals surface area contributed by atoms with Crippen molar-refractivity contribution in [1.29, 1.82) is 0 Å². The van der Waals surface area contributed by atoms with E-state index in [0.717, 1.165) is 12.0 Å². The summed E-state index contributed by atoms with van der Waals surface area (Å²) < 4.78 is 0. The highest BCUT2D eigenvalue weighted by Gasteiger charge is 2.25. The third kappa shape index (κ3) is 4.63. The van der Waals surface area contributed by atoms with Gasteiger partial charge in [-0.3, -0.25) is 4.79 Å². The van der Waals surface area contributed by atoms with E-state index in [0.29, 0.717) is 37.5 Å². The van der Waals surface area contributed by atoms with Gasteiger partial charge in [0.1, 0.15) is 0 Å². The van der Waals surface area contributed by atoms with Crippen molar-refractivity contribution < 1.29 is 9.59 Å². The van der Waals surface area contributed by atoms with Gasteiger partial charge in [0.2, 0.25) is 5.91 Å². The van der Waals surface area contributed by atoms with Gasteiger partial charge >= 0.3 is 6.03 Å². The van der Waals surface area contributed by atoms with Crippen molar-refractivity contribution in [2.75, 3.05) is 19.6 Å². The molecule has 1 aromatic carbocycles. The zero-order valence-corrected chi connectivity index (χ0v) is 12.6. The van der Waals surface area contributed by atoms with Gasteiger partial charge in [0.25, 0.3) is 0 Å². The number of primary amides is 1. The normalized spacial score (nSPS) is 15.8. The third-order valence-corrected chi connectivity index (χ3v) is 4.00. The summed E-state index contributed by atoms with van der Waals surface area (Å²) in [6.07, 6.45) is 2.04. The van der Waals surface area contributed by atoms with Crippen LogP contribution in [0.2, 0.25) is 5.02 Å². The van der Waals surface area contributed by atoms with Crippen molar-refractivity contribution in [3.05, 3.63) is 34.9 Å². The topological polar surface area (TPSA) is 75.4 Å². The van der Waals surface area contributed by atoms with Crippen LogP contribution < -0.4 is 11.1 Å². The molecule has 0 unspecified atom stereocenters. The SMILES string of the molecule is NC(=O)C1CCN(C(=O)NCCc2cccc(Cl)c2)CC1. The van der Waals surface area contributed by atoms with Crippen molar-refractivity contribution in [3.63, 3.8) is 0 Å². The van der Waals surface area contributed by atoms with Crippen LogP contribution in [0.3, 0.4) is 0 Å². The van der Waals surface area contributed by atoms with Crippen molar-refractivity contribution in [1.82, 2.24) is 10.2 Å². The quantitative estimate of drug-likeness (QED) is 0.889. The maximum Gasteiger partial charge on any atom is 0.317 e. The van der Waals surface area contributed by atoms with Gasteiger partial charge in [-0.1, -0.05) is 23.7 Å². The maximum absolute atomic E-state index is 12.0. The minimum Gasteiger partial charge on any atom is -0.369 e. The van der Waals surface area contributed by atoms with Crippen LogP contribution in [-0.2, 0) is 11.2 Å². The number of amides is 3. The fourth-order valence-electron chi connectivity index (χ4n) is 2.49. The van der Waals surface area contributed by atoms with Gasteiger partial charge in [-0.15, -0.1) is 0 Å². The number of hydrogen-bond donors (Lipinski definition) is 2. The number of piperidine rings is 1. The molecule has 1 heterocycles. The Morgan fingerprint density at radius 2 is 2.05 bits per heavy atom. The third-order valence-electron chi connectivity index (χ3n) is 3.76. The van der Waals surface area contributed by atoms with Crippen molar-refractivity contribution in [2.24, 2.45) is 11.7 Å². The largest absolute Gasteiger partial charge is 0.369 e. The minimum atomic E-state index is -0.268. The number of nitrogens with zero attached hydrogens (tertiary/aromatic N) is 1. The first-order valence-corrected chi connectivity index (χ1v) is 7.50. The molecule has 21 heavy (non-hydrogen) atoms. The van der Waals surface area contributed by atoms with Crippen LogP contribution >= 0.6 is 11.6 Å². The second-order valence-corrected chi connectivity index (χ2v) is 5.71. The lowest BCUT2D eigenvalue weighted by Crippen LogP contribution is -2.46. The van der Waals surface area contributed by atoms with Crippen molar-refractivity contribution >= 4 is 23.5 Å². The zero-order valence-electron chi connectivity index (χ0n) is 11.8. The van der Waals surface area contributed by atoms with E-state index >= 15 is 0 Å². The standard InChI is InChI=1S/C15H20ClN3O2/c16-13-3-1-2-11(10-13)4-7-18-15(21)19-8-5-12(6-9-19)14(17)20/h1-3,10,12H,4-9H2,(H2,17,20)(H,18,21). The van der Waals surface area contributed by atoms with Crippen LogP contribution in [0.15, 0.2) is 24.3 Å². The second kappa shape index (κ2) is 7.31. The number of likely N-dealkylation sites (tertiary alicyclic amines) is 1. The smallest absolute Gasteiger partial charge is 0.317 e. The Kier molecular flexibility index (Phi) is 5.44. The summed E-state index contributed by atoms with van der Waals surface area (Å²) in [5, 5.41) is 3.59. The predicted octanol–water partition coefficient (Wildman–Crippen LogP) is 1.79. The molecule has 0 aliphatic carbocycles. The van der Waals surface area contributed by atoms with Crippen LogP contribution in [0.25, 0.3) is 0 Å². The van der Waals surface area contributed by atoms with Crippen molar-refractivity contribution in [2.45, 2.75) is 19.3 Å². The van der Waals surface area contributed by atoms with E-state index in [4.69, 9.17) is 17.3 Å². The van der Waals surface area contributed by atoms with E-state index in [-0.39, 0.29) is 17.9 Å². The average molecular weight is 310 g/mol. The van der Waals surface area contributed by atoms with Gasteiger partial charge in [-0.25, -0.2) is 4.79 Å². The number of rotatable bonds is 4. The molecule has 3 amide bonds. The van der Waals surface area contributed by atoms with Gasteiger partial charge in [-0.05, 0) is 37.0 Å².